The molecule has 21 heavy (non-hydrogen) atoms. The standard InChI is InChI=1S/C15H17N3OS.ClH/c16-12-7-6-11(8-12)14(19)18-15-17-13(9-20-15)10-4-2-1-3-5-10;/h1-5,9,11-12H,6-8,16H2,(H,17,18,19);1H. The van der Waals surface area contributed by atoms with Crippen LogP contribution in [0.15, 0.2) is 35.7 Å². The Bertz CT molecular complexity index is 602. The minimum Gasteiger partial charge on any atom is -0.328 e. The minimum absolute atomic E-state index is 0. The predicted octanol–water partition coefficient (Wildman–Crippen LogP) is 3.30. The topological polar surface area (TPSA) is 68.0 Å². The molecule has 3 rings (SSSR count). The van der Waals surface area contributed by atoms with Crippen LogP contribution in [0.25, 0.3) is 11.3 Å². The fraction of sp³-hybridized carbons (Fsp3) is 0.333. The summed E-state index contributed by atoms with van der Waals surface area (Å²) in [7, 11) is 0. The van der Waals surface area contributed by atoms with E-state index in [0.717, 1.165) is 30.5 Å². The third kappa shape index (κ3) is 3.81. The molecule has 112 valence electrons. The molecule has 1 saturated carbocycles. The van der Waals surface area contributed by atoms with E-state index >= 15 is 0 Å². The van der Waals surface area contributed by atoms with Crippen LogP contribution in [0.3, 0.4) is 0 Å². The van der Waals surface area contributed by atoms with Gasteiger partial charge in [-0.25, -0.2) is 4.98 Å². The first kappa shape index (κ1) is 15.9. The highest BCUT2D eigenvalue weighted by Gasteiger charge is 2.28. The van der Waals surface area contributed by atoms with E-state index in [-0.39, 0.29) is 30.3 Å². The second-order valence-corrected chi connectivity index (χ2v) is 6.02. The molecule has 1 aromatic carbocycles. The van der Waals surface area contributed by atoms with Gasteiger partial charge in [0, 0.05) is 22.9 Å². The number of nitrogens with two attached hydrogens (primary N) is 1. The van der Waals surface area contributed by atoms with E-state index in [1.807, 2.05) is 35.7 Å². The smallest absolute Gasteiger partial charge is 0.229 e. The fourth-order valence-corrected chi connectivity index (χ4v) is 3.26. The molecular formula is C15H18ClN3OS. The maximum absolute atomic E-state index is 12.1. The van der Waals surface area contributed by atoms with E-state index in [2.05, 4.69) is 10.3 Å². The van der Waals surface area contributed by atoms with Gasteiger partial charge in [0.2, 0.25) is 5.91 Å². The summed E-state index contributed by atoms with van der Waals surface area (Å²) in [4.78, 5) is 16.6. The number of benzene rings is 1. The molecule has 6 heteroatoms. The molecule has 2 atom stereocenters. The number of amides is 1. The number of nitrogens with one attached hydrogen (secondary N) is 1. The lowest BCUT2D eigenvalue weighted by Gasteiger charge is -2.08. The van der Waals surface area contributed by atoms with Crippen LogP contribution in [0.4, 0.5) is 5.13 Å². The summed E-state index contributed by atoms with van der Waals surface area (Å²) < 4.78 is 0. The molecule has 1 fully saturated rings. The van der Waals surface area contributed by atoms with Crippen molar-refractivity contribution in [2.24, 2.45) is 11.7 Å². The molecule has 0 bridgehead atoms. The molecule has 1 aliphatic rings. The Hall–Kier alpha value is -1.43. The van der Waals surface area contributed by atoms with Crippen molar-refractivity contribution in [3.05, 3.63) is 35.7 Å². The van der Waals surface area contributed by atoms with Gasteiger partial charge in [0.05, 0.1) is 5.69 Å². The molecule has 1 aromatic heterocycles. The molecule has 0 radical (unpaired) electrons. The first-order valence-corrected chi connectivity index (χ1v) is 7.68. The fourth-order valence-electron chi connectivity index (χ4n) is 2.53. The highest BCUT2D eigenvalue weighted by atomic mass is 35.5. The van der Waals surface area contributed by atoms with E-state index < -0.39 is 0 Å². The summed E-state index contributed by atoms with van der Waals surface area (Å²) in [6, 6.07) is 10.1. The van der Waals surface area contributed by atoms with E-state index in [9.17, 15) is 4.79 Å². The Morgan fingerprint density at radius 2 is 2.05 bits per heavy atom. The number of carbonyl (C=O) groups is 1. The Labute approximate surface area is 134 Å². The monoisotopic (exact) mass is 323 g/mol. The van der Waals surface area contributed by atoms with Crippen molar-refractivity contribution >= 4 is 34.8 Å². The predicted molar refractivity (Wildman–Crippen MR) is 88.7 cm³/mol. The van der Waals surface area contributed by atoms with Crippen LogP contribution in [0.2, 0.25) is 0 Å². The average molecular weight is 324 g/mol. The van der Waals surface area contributed by atoms with Crippen molar-refractivity contribution in [1.82, 2.24) is 4.98 Å². The molecule has 1 amide bonds. The Morgan fingerprint density at radius 3 is 2.71 bits per heavy atom. The Kier molecular flexibility index (Phi) is 5.33. The third-order valence-corrected chi connectivity index (χ3v) is 4.41. The van der Waals surface area contributed by atoms with E-state index in [1.54, 1.807) is 0 Å². The summed E-state index contributed by atoms with van der Waals surface area (Å²) in [6.07, 6.45) is 2.60. The van der Waals surface area contributed by atoms with Gasteiger partial charge >= 0.3 is 0 Å². The van der Waals surface area contributed by atoms with Crippen LogP contribution in [0, 0.1) is 5.92 Å². The lowest BCUT2D eigenvalue weighted by Crippen LogP contribution is -2.23. The van der Waals surface area contributed by atoms with Crippen molar-refractivity contribution in [3.8, 4) is 11.3 Å². The van der Waals surface area contributed by atoms with Gasteiger partial charge in [0.1, 0.15) is 0 Å². The number of rotatable bonds is 3. The van der Waals surface area contributed by atoms with Gasteiger partial charge in [0.15, 0.2) is 5.13 Å². The second-order valence-electron chi connectivity index (χ2n) is 5.16. The first-order chi connectivity index (χ1) is 9.72. The highest BCUT2D eigenvalue weighted by molar-refractivity contribution is 7.14. The number of carbonyl (C=O) groups excluding carboxylic acids is 1. The lowest BCUT2D eigenvalue weighted by molar-refractivity contribution is -0.119. The second kappa shape index (κ2) is 7.02. The molecule has 2 unspecified atom stereocenters. The highest BCUT2D eigenvalue weighted by Crippen LogP contribution is 2.28. The largest absolute Gasteiger partial charge is 0.328 e. The zero-order valence-electron chi connectivity index (χ0n) is 11.5. The number of aromatic nitrogens is 1. The van der Waals surface area contributed by atoms with Crippen LogP contribution >= 0.6 is 23.7 Å². The normalized spacial score (nSPS) is 20.8. The molecule has 0 saturated heterocycles. The maximum Gasteiger partial charge on any atom is 0.229 e. The maximum atomic E-state index is 12.1. The van der Waals surface area contributed by atoms with Gasteiger partial charge in [-0.1, -0.05) is 30.3 Å². The van der Waals surface area contributed by atoms with Gasteiger partial charge in [-0.05, 0) is 19.3 Å². The summed E-state index contributed by atoms with van der Waals surface area (Å²) in [5.41, 5.74) is 7.80. The number of anilines is 1. The number of hydrogen-bond acceptors (Lipinski definition) is 4. The molecule has 1 aliphatic carbocycles. The SMILES string of the molecule is Cl.NC1CCC(C(=O)Nc2nc(-c3ccccc3)cs2)C1. The van der Waals surface area contributed by atoms with E-state index in [4.69, 9.17) is 5.73 Å². The molecule has 1 heterocycles. The number of thiazole rings is 1. The first-order valence-electron chi connectivity index (χ1n) is 6.80. The van der Waals surface area contributed by atoms with Gasteiger partial charge in [-0.3, -0.25) is 4.79 Å². The zero-order chi connectivity index (χ0) is 13.9. The van der Waals surface area contributed by atoms with Crippen LogP contribution < -0.4 is 11.1 Å². The van der Waals surface area contributed by atoms with Gasteiger partial charge < -0.3 is 11.1 Å². The van der Waals surface area contributed by atoms with Crippen molar-refractivity contribution in [3.63, 3.8) is 0 Å². The summed E-state index contributed by atoms with van der Waals surface area (Å²) in [5, 5.41) is 5.53. The Morgan fingerprint density at radius 1 is 1.29 bits per heavy atom. The van der Waals surface area contributed by atoms with Crippen LogP contribution in [-0.2, 0) is 4.79 Å². The Balaban J connectivity index is 0.00000161. The van der Waals surface area contributed by atoms with E-state index in [0.29, 0.717) is 5.13 Å². The van der Waals surface area contributed by atoms with E-state index in [1.165, 1.54) is 11.3 Å². The van der Waals surface area contributed by atoms with Crippen molar-refractivity contribution < 1.29 is 4.79 Å². The zero-order valence-corrected chi connectivity index (χ0v) is 13.1. The molecule has 2 aromatic rings. The number of nitrogens with zero attached hydrogens (tertiary/aromatic N) is 1. The quantitative estimate of drug-likeness (QED) is 0.910. The van der Waals surface area contributed by atoms with Crippen LogP contribution in [0.5, 0.6) is 0 Å². The lowest BCUT2D eigenvalue weighted by atomic mass is 10.1. The molecule has 0 aliphatic heterocycles. The van der Waals surface area contributed by atoms with Crippen molar-refractivity contribution in [1.29, 1.82) is 0 Å². The van der Waals surface area contributed by atoms with Gasteiger partial charge in [0.25, 0.3) is 0 Å². The number of hydrogen-bond donors (Lipinski definition) is 2. The number of halogens is 1. The van der Waals surface area contributed by atoms with Crippen molar-refractivity contribution in [2.45, 2.75) is 25.3 Å². The summed E-state index contributed by atoms with van der Waals surface area (Å²) >= 11 is 1.46. The van der Waals surface area contributed by atoms with Crippen LogP contribution in [-0.4, -0.2) is 16.9 Å². The molecule has 0 spiro atoms. The minimum atomic E-state index is 0. The third-order valence-electron chi connectivity index (χ3n) is 3.65. The summed E-state index contributed by atoms with van der Waals surface area (Å²) in [5.74, 6) is 0.0842. The molecule has 4 nitrogen and oxygen atoms in total. The average Bonchev–Trinajstić information content (AvgIpc) is 3.09. The molecule has 3 N–H and O–H groups in total. The van der Waals surface area contributed by atoms with Gasteiger partial charge in [-0.15, -0.1) is 23.7 Å². The van der Waals surface area contributed by atoms with Crippen molar-refractivity contribution in [2.75, 3.05) is 5.32 Å². The summed E-state index contributed by atoms with van der Waals surface area (Å²) in [6.45, 7) is 0. The van der Waals surface area contributed by atoms with Crippen LogP contribution in [0.1, 0.15) is 19.3 Å². The van der Waals surface area contributed by atoms with Gasteiger partial charge in [-0.2, -0.15) is 0 Å². The molecular weight excluding hydrogens is 306 g/mol.